The maximum atomic E-state index is 10.8. The molecule has 0 aromatic rings. The molecule has 0 aliphatic heterocycles. The lowest BCUT2D eigenvalue weighted by molar-refractivity contribution is -0.144. The van der Waals surface area contributed by atoms with E-state index in [1.54, 1.807) is 6.92 Å². The summed E-state index contributed by atoms with van der Waals surface area (Å²) in [4.78, 5) is 14.0. The molecule has 0 amide bonds. The molecule has 54 valence electrons. The quantitative estimate of drug-likeness (QED) is 0.419. The zero-order valence-electron chi connectivity index (χ0n) is 5.83. The maximum absolute atomic E-state index is 10.8. The van der Waals surface area contributed by atoms with Gasteiger partial charge in [-0.3, -0.25) is 4.79 Å². The number of ether oxygens (including phenoxy) is 1. The van der Waals surface area contributed by atoms with Gasteiger partial charge in [0.15, 0.2) is 0 Å². The van der Waals surface area contributed by atoms with Gasteiger partial charge in [0.1, 0.15) is 5.92 Å². The van der Waals surface area contributed by atoms with E-state index in [0.717, 1.165) is 0 Å². The number of hydrogen-bond acceptors (Lipinski definition) is 2. The molecule has 0 saturated heterocycles. The third-order valence-corrected chi connectivity index (χ3v) is 1.51. The summed E-state index contributed by atoms with van der Waals surface area (Å²) in [7, 11) is 0. The van der Waals surface area contributed by atoms with Gasteiger partial charge in [0.2, 0.25) is 6.04 Å². The SMILES string of the molecule is [C-]#[N+]C1CC1C(=O)OCC. The molecule has 1 saturated carbocycles. The van der Waals surface area contributed by atoms with E-state index in [0.29, 0.717) is 13.0 Å². The molecule has 1 aliphatic rings. The van der Waals surface area contributed by atoms with E-state index >= 15 is 0 Å². The second kappa shape index (κ2) is 2.70. The van der Waals surface area contributed by atoms with Crippen molar-refractivity contribution >= 4 is 5.97 Å². The lowest BCUT2D eigenvalue weighted by atomic mass is 10.4. The topological polar surface area (TPSA) is 30.7 Å². The molecular weight excluding hydrogens is 130 g/mol. The molecule has 0 N–H and O–H groups in total. The number of nitrogens with zero attached hydrogens (tertiary/aromatic N) is 1. The van der Waals surface area contributed by atoms with Crippen LogP contribution in [-0.2, 0) is 9.53 Å². The lowest BCUT2D eigenvalue weighted by Crippen LogP contribution is -2.07. The standard InChI is InChI=1S/C7H9NO2/c1-3-10-7(9)5-4-6(5)8-2/h5-6H,3-4H2,1H3. The number of hydrogen-bond donors (Lipinski definition) is 0. The molecule has 10 heavy (non-hydrogen) atoms. The van der Waals surface area contributed by atoms with Crippen molar-refractivity contribution in [1.29, 1.82) is 0 Å². The molecule has 0 aromatic carbocycles. The van der Waals surface area contributed by atoms with Gasteiger partial charge in [-0.05, 0) is 6.92 Å². The van der Waals surface area contributed by atoms with Gasteiger partial charge in [0.25, 0.3) is 0 Å². The third-order valence-electron chi connectivity index (χ3n) is 1.51. The molecule has 2 unspecified atom stereocenters. The highest BCUT2D eigenvalue weighted by atomic mass is 16.5. The molecule has 1 fully saturated rings. The molecule has 3 nitrogen and oxygen atoms in total. The van der Waals surface area contributed by atoms with Crippen LogP contribution >= 0.6 is 0 Å². The van der Waals surface area contributed by atoms with Crippen LogP contribution in [0.1, 0.15) is 13.3 Å². The third kappa shape index (κ3) is 1.27. The highest BCUT2D eigenvalue weighted by molar-refractivity contribution is 5.77. The monoisotopic (exact) mass is 139 g/mol. The first-order chi connectivity index (χ1) is 4.79. The Hall–Kier alpha value is -1.04. The Balaban J connectivity index is 2.27. The normalized spacial score (nSPS) is 28.8. The minimum atomic E-state index is -0.205. The summed E-state index contributed by atoms with van der Waals surface area (Å²) < 4.78 is 4.72. The Morgan fingerprint density at radius 1 is 1.90 bits per heavy atom. The Morgan fingerprint density at radius 2 is 2.60 bits per heavy atom. The average molecular weight is 139 g/mol. The van der Waals surface area contributed by atoms with Crippen molar-refractivity contribution in [3.63, 3.8) is 0 Å². The molecule has 0 heterocycles. The summed E-state index contributed by atoms with van der Waals surface area (Å²) in [5.41, 5.74) is 0. The van der Waals surface area contributed by atoms with Crippen LogP contribution in [0.2, 0.25) is 0 Å². The average Bonchev–Trinajstić information content (AvgIpc) is 2.66. The molecule has 3 heteroatoms. The predicted molar refractivity (Wildman–Crippen MR) is 35.1 cm³/mol. The Kier molecular flexibility index (Phi) is 1.91. The van der Waals surface area contributed by atoms with Crippen molar-refractivity contribution in [1.82, 2.24) is 0 Å². The van der Waals surface area contributed by atoms with Gasteiger partial charge in [0, 0.05) is 6.42 Å². The summed E-state index contributed by atoms with van der Waals surface area (Å²) in [6.07, 6.45) is 0.697. The van der Waals surface area contributed by atoms with Gasteiger partial charge in [-0.1, -0.05) is 0 Å². The summed E-state index contributed by atoms with van der Waals surface area (Å²) in [6.45, 7) is 8.78. The largest absolute Gasteiger partial charge is 0.466 e. The summed E-state index contributed by atoms with van der Waals surface area (Å²) >= 11 is 0. The molecule has 0 spiro atoms. The van der Waals surface area contributed by atoms with Crippen molar-refractivity contribution in [2.75, 3.05) is 6.61 Å². The van der Waals surface area contributed by atoms with E-state index in [-0.39, 0.29) is 17.9 Å². The number of carbonyl (C=O) groups is 1. The summed E-state index contributed by atoms with van der Waals surface area (Å²) in [5, 5.41) is 0. The van der Waals surface area contributed by atoms with Crippen LogP contribution in [0.4, 0.5) is 0 Å². The van der Waals surface area contributed by atoms with Crippen LogP contribution in [0, 0.1) is 12.5 Å². The first-order valence-electron chi connectivity index (χ1n) is 3.32. The number of carbonyl (C=O) groups excluding carboxylic acids is 1. The van der Waals surface area contributed by atoms with Gasteiger partial charge in [-0.15, -0.1) is 0 Å². The van der Waals surface area contributed by atoms with E-state index in [2.05, 4.69) is 4.85 Å². The van der Waals surface area contributed by atoms with Crippen LogP contribution < -0.4 is 0 Å². The second-order valence-corrected chi connectivity index (χ2v) is 2.29. The molecule has 1 rings (SSSR count). The van der Waals surface area contributed by atoms with E-state index in [4.69, 9.17) is 11.3 Å². The van der Waals surface area contributed by atoms with Gasteiger partial charge in [-0.2, -0.15) is 0 Å². The Morgan fingerprint density at radius 3 is 3.00 bits per heavy atom. The Labute approximate surface area is 59.8 Å². The van der Waals surface area contributed by atoms with Crippen LogP contribution in [0.15, 0.2) is 0 Å². The first-order valence-corrected chi connectivity index (χ1v) is 3.32. The van der Waals surface area contributed by atoms with Crippen molar-refractivity contribution in [3.05, 3.63) is 11.4 Å². The van der Waals surface area contributed by atoms with Crippen molar-refractivity contribution < 1.29 is 9.53 Å². The summed E-state index contributed by atoms with van der Waals surface area (Å²) in [5.74, 6) is -0.319. The van der Waals surface area contributed by atoms with E-state index < -0.39 is 0 Å². The highest BCUT2D eigenvalue weighted by Crippen LogP contribution is 2.34. The fourth-order valence-electron chi connectivity index (χ4n) is 0.827. The van der Waals surface area contributed by atoms with Gasteiger partial charge in [0.05, 0.1) is 6.61 Å². The minimum Gasteiger partial charge on any atom is -0.466 e. The Bertz CT molecular complexity index is 183. The van der Waals surface area contributed by atoms with Gasteiger partial charge < -0.3 is 9.58 Å². The van der Waals surface area contributed by atoms with Crippen LogP contribution in [0.5, 0.6) is 0 Å². The zero-order chi connectivity index (χ0) is 7.56. The van der Waals surface area contributed by atoms with Crippen molar-refractivity contribution in [2.24, 2.45) is 5.92 Å². The fourth-order valence-corrected chi connectivity index (χ4v) is 0.827. The van der Waals surface area contributed by atoms with Crippen LogP contribution in [-0.4, -0.2) is 18.6 Å². The zero-order valence-corrected chi connectivity index (χ0v) is 5.83. The van der Waals surface area contributed by atoms with E-state index in [9.17, 15) is 4.79 Å². The molecule has 0 aromatic heterocycles. The smallest absolute Gasteiger partial charge is 0.317 e. The molecule has 1 aliphatic carbocycles. The van der Waals surface area contributed by atoms with Gasteiger partial charge >= 0.3 is 5.97 Å². The fraction of sp³-hybridized carbons (Fsp3) is 0.714. The van der Waals surface area contributed by atoms with Crippen molar-refractivity contribution in [2.45, 2.75) is 19.4 Å². The second-order valence-electron chi connectivity index (χ2n) is 2.29. The maximum Gasteiger partial charge on any atom is 0.317 e. The number of esters is 1. The van der Waals surface area contributed by atoms with Crippen LogP contribution in [0.3, 0.4) is 0 Å². The predicted octanol–water partition coefficient (Wildman–Crippen LogP) is 0.857. The van der Waals surface area contributed by atoms with Crippen molar-refractivity contribution in [3.8, 4) is 0 Å². The lowest BCUT2D eigenvalue weighted by Gasteiger charge is -1.95. The van der Waals surface area contributed by atoms with E-state index in [1.165, 1.54) is 0 Å². The minimum absolute atomic E-state index is 0.0842. The first kappa shape index (κ1) is 7.07. The summed E-state index contributed by atoms with van der Waals surface area (Å²) in [6, 6.07) is -0.0842. The molecule has 0 radical (unpaired) electrons. The number of rotatable bonds is 2. The molecular formula is C7H9NO2. The van der Waals surface area contributed by atoms with Gasteiger partial charge in [-0.25, -0.2) is 6.57 Å². The molecule has 2 atom stereocenters. The highest BCUT2D eigenvalue weighted by Gasteiger charge is 2.51. The van der Waals surface area contributed by atoms with E-state index in [1.807, 2.05) is 0 Å². The van der Waals surface area contributed by atoms with Crippen LogP contribution in [0.25, 0.3) is 4.85 Å². The molecule has 0 bridgehead atoms.